The van der Waals surface area contributed by atoms with E-state index in [4.69, 9.17) is 14.0 Å². The number of ether oxygens (including phenoxy) is 1. The number of benzene rings is 1. The smallest absolute Gasteiger partial charge is 0.351 e. The molecule has 0 saturated heterocycles. The highest BCUT2D eigenvalue weighted by Crippen LogP contribution is 2.33. The minimum Gasteiger partial charge on any atom is -0.463 e. The van der Waals surface area contributed by atoms with Gasteiger partial charge in [-0.1, -0.05) is 23.4 Å². The number of hydrogen-bond acceptors (Lipinski definition) is 6. The zero-order valence-corrected chi connectivity index (χ0v) is 12.2. The summed E-state index contributed by atoms with van der Waals surface area (Å²) >= 11 is 0. The fraction of sp³-hybridized carbons (Fsp3) is 0.312. The van der Waals surface area contributed by atoms with Crippen LogP contribution in [0.3, 0.4) is 0 Å². The van der Waals surface area contributed by atoms with E-state index in [0.717, 1.165) is 5.39 Å². The molecule has 6 heteroatoms. The first-order chi connectivity index (χ1) is 10.6. The standard InChI is InChI=1S/C16H15NO5/c1-3-20-16(19)15-14(9(2)17-22-15)11-8-13(18)21-12-7-5-4-6-10(11)12/h4-8,14-15H,3H2,1-2H3/t14-,15+/m0/s1. The molecule has 0 amide bonds. The number of para-hydroxylation sites is 1. The fourth-order valence-corrected chi connectivity index (χ4v) is 2.66. The molecular weight excluding hydrogens is 286 g/mol. The van der Waals surface area contributed by atoms with Crippen LogP contribution in [0, 0.1) is 0 Å². The molecule has 6 nitrogen and oxygen atoms in total. The molecule has 2 heterocycles. The van der Waals surface area contributed by atoms with Gasteiger partial charge in [-0.25, -0.2) is 9.59 Å². The highest BCUT2D eigenvalue weighted by molar-refractivity contribution is 5.99. The molecule has 0 N–H and O–H groups in total. The lowest BCUT2D eigenvalue weighted by atomic mass is 9.88. The molecule has 22 heavy (non-hydrogen) atoms. The predicted octanol–water partition coefficient (Wildman–Crippen LogP) is 2.21. The molecular formula is C16H15NO5. The molecule has 2 atom stereocenters. The molecule has 1 aliphatic rings. The minimum absolute atomic E-state index is 0.252. The molecule has 3 rings (SSSR count). The van der Waals surface area contributed by atoms with Crippen LogP contribution in [0.1, 0.15) is 25.3 Å². The Bertz CT molecular complexity index is 808. The Kier molecular flexibility index (Phi) is 3.66. The predicted molar refractivity (Wildman–Crippen MR) is 79.8 cm³/mol. The lowest BCUT2D eigenvalue weighted by Crippen LogP contribution is -2.31. The molecule has 0 fully saturated rings. The molecule has 0 saturated carbocycles. The first kappa shape index (κ1) is 14.3. The molecule has 0 aliphatic carbocycles. The van der Waals surface area contributed by atoms with Gasteiger partial charge in [0.1, 0.15) is 5.58 Å². The minimum atomic E-state index is -0.884. The summed E-state index contributed by atoms with van der Waals surface area (Å²) in [4.78, 5) is 29.1. The van der Waals surface area contributed by atoms with Crippen LogP contribution in [0.5, 0.6) is 0 Å². The van der Waals surface area contributed by atoms with E-state index in [9.17, 15) is 9.59 Å². The summed E-state index contributed by atoms with van der Waals surface area (Å²) in [5.41, 5.74) is 1.26. The van der Waals surface area contributed by atoms with Gasteiger partial charge in [-0.05, 0) is 25.5 Å². The van der Waals surface area contributed by atoms with Gasteiger partial charge in [-0.15, -0.1) is 0 Å². The number of carbonyl (C=O) groups excluding carboxylic acids is 1. The molecule has 1 aromatic heterocycles. The largest absolute Gasteiger partial charge is 0.463 e. The Labute approximate surface area is 126 Å². The first-order valence-electron chi connectivity index (χ1n) is 7.01. The van der Waals surface area contributed by atoms with Crippen molar-refractivity contribution in [3.05, 3.63) is 46.3 Å². The van der Waals surface area contributed by atoms with Gasteiger partial charge < -0.3 is 14.0 Å². The molecule has 0 unspecified atom stereocenters. The normalized spacial score (nSPS) is 20.5. The van der Waals surface area contributed by atoms with Crippen molar-refractivity contribution in [1.82, 2.24) is 0 Å². The van der Waals surface area contributed by atoms with Crippen LogP contribution in [0.25, 0.3) is 11.0 Å². The molecule has 114 valence electrons. The van der Waals surface area contributed by atoms with Gasteiger partial charge in [0, 0.05) is 11.5 Å². The Hall–Kier alpha value is -2.63. The molecule has 2 aromatic rings. The number of carbonyl (C=O) groups is 1. The zero-order chi connectivity index (χ0) is 15.7. The fourth-order valence-electron chi connectivity index (χ4n) is 2.66. The molecule has 0 spiro atoms. The summed E-state index contributed by atoms with van der Waals surface area (Å²) in [6.45, 7) is 3.73. The second-order valence-electron chi connectivity index (χ2n) is 5.01. The number of nitrogens with zero attached hydrogens (tertiary/aromatic N) is 1. The van der Waals surface area contributed by atoms with Gasteiger partial charge >= 0.3 is 11.6 Å². The van der Waals surface area contributed by atoms with Gasteiger partial charge in [0.05, 0.1) is 18.2 Å². The van der Waals surface area contributed by atoms with Crippen molar-refractivity contribution in [3.8, 4) is 0 Å². The van der Waals surface area contributed by atoms with Crippen LogP contribution >= 0.6 is 0 Å². The third-order valence-electron chi connectivity index (χ3n) is 3.60. The van der Waals surface area contributed by atoms with E-state index in [2.05, 4.69) is 5.16 Å². The van der Waals surface area contributed by atoms with E-state index in [1.54, 1.807) is 26.0 Å². The third kappa shape index (κ3) is 2.36. The van der Waals surface area contributed by atoms with Crippen LogP contribution in [0.15, 0.2) is 44.7 Å². The number of hydrogen-bond donors (Lipinski definition) is 0. The highest BCUT2D eigenvalue weighted by Gasteiger charge is 2.40. The van der Waals surface area contributed by atoms with E-state index in [-0.39, 0.29) is 6.61 Å². The van der Waals surface area contributed by atoms with Crippen molar-refractivity contribution in [2.24, 2.45) is 5.16 Å². The Morgan fingerprint density at radius 2 is 2.14 bits per heavy atom. The topological polar surface area (TPSA) is 78.1 Å². The lowest BCUT2D eigenvalue weighted by Gasteiger charge is -2.17. The van der Waals surface area contributed by atoms with Crippen LogP contribution in [0.4, 0.5) is 0 Å². The number of esters is 1. The molecule has 0 radical (unpaired) electrons. The summed E-state index contributed by atoms with van der Waals surface area (Å²) in [5, 5.41) is 4.65. The Morgan fingerprint density at radius 1 is 1.36 bits per heavy atom. The van der Waals surface area contributed by atoms with E-state index in [1.165, 1.54) is 6.07 Å². The SMILES string of the molecule is CCOC(=O)[C@@H]1ON=C(C)[C@H]1c1cc(=O)oc2ccccc12. The van der Waals surface area contributed by atoms with Crippen molar-refractivity contribution in [3.63, 3.8) is 0 Å². The number of rotatable bonds is 3. The molecule has 1 aliphatic heterocycles. The monoisotopic (exact) mass is 301 g/mol. The van der Waals surface area contributed by atoms with Crippen LogP contribution in [-0.4, -0.2) is 24.4 Å². The van der Waals surface area contributed by atoms with Crippen LogP contribution in [-0.2, 0) is 14.4 Å². The van der Waals surface area contributed by atoms with Crippen molar-refractivity contribution < 1.29 is 18.8 Å². The van der Waals surface area contributed by atoms with Gasteiger partial charge in [0.15, 0.2) is 0 Å². The summed E-state index contributed by atoms with van der Waals surface area (Å²) in [5.74, 6) is -0.960. The summed E-state index contributed by atoms with van der Waals surface area (Å²) in [6.07, 6.45) is -0.884. The van der Waals surface area contributed by atoms with Crippen molar-refractivity contribution in [2.75, 3.05) is 6.61 Å². The highest BCUT2D eigenvalue weighted by atomic mass is 16.7. The zero-order valence-electron chi connectivity index (χ0n) is 12.2. The average molecular weight is 301 g/mol. The summed E-state index contributed by atoms with van der Waals surface area (Å²) in [6, 6.07) is 8.55. The first-order valence-corrected chi connectivity index (χ1v) is 7.01. The van der Waals surface area contributed by atoms with Crippen LogP contribution in [0.2, 0.25) is 0 Å². The maximum Gasteiger partial charge on any atom is 0.351 e. The van der Waals surface area contributed by atoms with E-state index in [0.29, 0.717) is 16.9 Å². The quantitative estimate of drug-likeness (QED) is 0.641. The van der Waals surface area contributed by atoms with E-state index in [1.807, 2.05) is 12.1 Å². The summed E-state index contributed by atoms with van der Waals surface area (Å²) < 4.78 is 10.2. The third-order valence-corrected chi connectivity index (χ3v) is 3.60. The number of fused-ring (bicyclic) bond motifs is 1. The maximum absolute atomic E-state index is 12.1. The maximum atomic E-state index is 12.1. The van der Waals surface area contributed by atoms with Gasteiger partial charge in [-0.3, -0.25) is 0 Å². The van der Waals surface area contributed by atoms with Crippen molar-refractivity contribution in [1.29, 1.82) is 0 Å². The Balaban J connectivity index is 2.14. The van der Waals surface area contributed by atoms with Crippen LogP contribution < -0.4 is 5.63 Å². The van der Waals surface area contributed by atoms with Gasteiger partial charge in [0.2, 0.25) is 6.10 Å². The second kappa shape index (κ2) is 5.63. The van der Waals surface area contributed by atoms with E-state index < -0.39 is 23.6 Å². The average Bonchev–Trinajstić information content (AvgIpc) is 2.88. The van der Waals surface area contributed by atoms with Gasteiger partial charge in [-0.2, -0.15) is 0 Å². The van der Waals surface area contributed by atoms with Crippen molar-refractivity contribution in [2.45, 2.75) is 25.9 Å². The number of oxime groups is 1. The summed E-state index contributed by atoms with van der Waals surface area (Å²) in [7, 11) is 0. The van der Waals surface area contributed by atoms with E-state index >= 15 is 0 Å². The van der Waals surface area contributed by atoms with Crippen molar-refractivity contribution >= 4 is 22.7 Å². The second-order valence-corrected chi connectivity index (χ2v) is 5.01. The lowest BCUT2D eigenvalue weighted by molar-refractivity contribution is -0.155. The Morgan fingerprint density at radius 3 is 2.91 bits per heavy atom. The molecule has 1 aromatic carbocycles. The molecule has 0 bridgehead atoms. The van der Waals surface area contributed by atoms with Gasteiger partial charge in [0.25, 0.3) is 0 Å².